The quantitative estimate of drug-likeness (QED) is 0.148. The molecule has 0 saturated carbocycles. The Hall–Kier alpha value is -17.2. The van der Waals surface area contributed by atoms with Crippen molar-refractivity contribution in [3.8, 4) is 0 Å². The fourth-order valence-corrected chi connectivity index (χ4v) is 19.4. The van der Waals surface area contributed by atoms with Crippen LogP contribution in [-0.4, -0.2) is 0 Å². The predicted molar refractivity (Wildman–Crippen MR) is 573 cm³/mol. The van der Waals surface area contributed by atoms with Crippen molar-refractivity contribution in [1.82, 2.24) is 0 Å². The zero-order chi connectivity index (χ0) is 91.8. The highest BCUT2D eigenvalue weighted by atomic mass is 16.4. The third kappa shape index (κ3) is 15.8. The fourth-order valence-electron chi connectivity index (χ4n) is 19.4. The number of rotatable bonds is 0. The summed E-state index contributed by atoms with van der Waals surface area (Å²) in [5.41, 5.74) is 25.5. The van der Waals surface area contributed by atoms with Gasteiger partial charge in [-0.1, -0.05) is 301 Å². The van der Waals surface area contributed by atoms with Gasteiger partial charge >= 0.3 is 0 Å². The highest BCUT2D eigenvalue weighted by Crippen LogP contribution is 2.42. The summed E-state index contributed by atoms with van der Waals surface area (Å²) in [6.45, 7) is 16.8. The molecule has 136 heavy (non-hydrogen) atoms. The Bertz CT molecular complexity index is 9760. The van der Waals surface area contributed by atoms with Crippen molar-refractivity contribution in [2.24, 2.45) is 0 Å². The van der Waals surface area contributed by atoms with Crippen LogP contribution in [0.4, 0.5) is 0 Å². The van der Waals surface area contributed by atoms with Crippen LogP contribution in [0.5, 0.6) is 0 Å². The molecule has 0 aliphatic heterocycles. The Morgan fingerprint density at radius 2 is 0.324 bits per heavy atom. The van der Waals surface area contributed by atoms with Gasteiger partial charge in [-0.05, 0) is 265 Å². The van der Waals surface area contributed by atoms with Gasteiger partial charge in [-0.3, -0.25) is 0 Å². The van der Waals surface area contributed by atoms with Gasteiger partial charge in [0, 0.05) is 97.0 Å². The lowest BCUT2D eigenvalue weighted by molar-refractivity contribution is 0.668. The van der Waals surface area contributed by atoms with Crippen molar-refractivity contribution in [2.45, 2.75) is 55.4 Å². The van der Waals surface area contributed by atoms with Gasteiger partial charge in [-0.25, -0.2) is 0 Å². The summed E-state index contributed by atoms with van der Waals surface area (Å²) in [6, 6.07) is 143. The third-order valence-corrected chi connectivity index (χ3v) is 26.1. The van der Waals surface area contributed by atoms with E-state index in [4.69, 9.17) is 35.3 Å². The van der Waals surface area contributed by atoms with E-state index in [2.05, 4.69) is 425 Å². The van der Waals surface area contributed by atoms with Crippen molar-refractivity contribution in [2.75, 3.05) is 0 Å². The van der Waals surface area contributed by atoms with Crippen molar-refractivity contribution in [1.29, 1.82) is 0 Å². The molecule has 0 fully saturated rings. The van der Waals surface area contributed by atoms with E-state index in [1.165, 1.54) is 195 Å². The number of para-hydroxylation sites is 2. The van der Waals surface area contributed by atoms with E-state index in [0.717, 1.165) is 89.3 Å². The van der Waals surface area contributed by atoms with Crippen LogP contribution in [0.2, 0.25) is 0 Å². The predicted octanol–water partition coefficient (Wildman–Crippen LogP) is 38.1. The van der Waals surface area contributed by atoms with E-state index in [9.17, 15) is 0 Å². The second-order valence-corrected chi connectivity index (χ2v) is 35.8. The molecule has 30 rings (SSSR count). The molecular formula is C128H92O8. The van der Waals surface area contributed by atoms with Crippen molar-refractivity contribution in [3.63, 3.8) is 0 Å². The molecule has 30 aromatic rings. The SMILES string of the molecule is Cc1ccc2c(c1)oc1c3ccccc3ccc21.Cc1ccc2c(c1)oc1cc3ccccc3cc12.Cc1ccc2c(c1)oc1ccc3ccccc3c12.Cc1ccc2c(c1)oc1ccccc12.Cc1ccc2oc3c4ccccc4ccc3c2c1.Cc1ccc2oc3cc4ccccc4cc3c2c1.Cc1ccc2oc3ccc4ccccc4c3c2c1.Cc1ccc2oc3ccccc3c2c1. The lowest BCUT2D eigenvalue weighted by Gasteiger charge is -1.98. The second kappa shape index (κ2) is 34.8. The average molecular weight is 1760 g/mol. The zero-order valence-corrected chi connectivity index (χ0v) is 76.5. The minimum atomic E-state index is 0.964. The number of hydrogen-bond donors (Lipinski definition) is 0. The number of fused-ring (bicyclic) bond motifs is 34. The first kappa shape index (κ1) is 83.2. The zero-order valence-electron chi connectivity index (χ0n) is 76.5. The molecule has 0 unspecified atom stereocenters. The lowest BCUT2D eigenvalue weighted by Crippen LogP contribution is -1.74. The molecule has 0 N–H and O–H groups in total. The van der Waals surface area contributed by atoms with Gasteiger partial charge in [0.1, 0.15) is 89.3 Å². The van der Waals surface area contributed by atoms with E-state index >= 15 is 0 Å². The summed E-state index contributed by atoms with van der Waals surface area (Å²) in [5, 5.41) is 34.1. The van der Waals surface area contributed by atoms with Gasteiger partial charge in [0.25, 0.3) is 0 Å². The summed E-state index contributed by atoms with van der Waals surface area (Å²) in [4.78, 5) is 0. The Morgan fingerprint density at radius 1 is 0.110 bits per heavy atom. The number of benzene rings is 22. The second-order valence-electron chi connectivity index (χ2n) is 35.8. The monoisotopic (exact) mass is 1760 g/mol. The molecule has 8 aromatic heterocycles. The van der Waals surface area contributed by atoms with Gasteiger partial charge in [-0.2, -0.15) is 0 Å². The molecule has 0 atom stereocenters. The summed E-state index contributed by atoms with van der Waals surface area (Å²) in [7, 11) is 0. The van der Waals surface area contributed by atoms with Gasteiger partial charge in [-0.15, -0.1) is 0 Å². The Balaban J connectivity index is 0.0000000876. The highest BCUT2D eigenvalue weighted by molar-refractivity contribution is 6.22. The van der Waals surface area contributed by atoms with Crippen LogP contribution < -0.4 is 0 Å². The molecule has 8 nitrogen and oxygen atoms in total. The smallest absolute Gasteiger partial charge is 0.143 e. The average Bonchev–Trinajstić information content (AvgIpc) is 1.57. The summed E-state index contributed by atoms with van der Waals surface area (Å²) >= 11 is 0. The first-order valence-electron chi connectivity index (χ1n) is 46.2. The number of aryl methyl sites for hydroxylation is 8. The van der Waals surface area contributed by atoms with Crippen LogP contribution in [0.1, 0.15) is 44.5 Å². The minimum Gasteiger partial charge on any atom is -0.456 e. The summed E-state index contributed by atoms with van der Waals surface area (Å²) in [6.07, 6.45) is 0. The maximum atomic E-state index is 6.05. The van der Waals surface area contributed by atoms with Crippen LogP contribution >= 0.6 is 0 Å². The largest absolute Gasteiger partial charge is 0.456 e. The third-order valence-electron chi connectivity index (χ3n) is 26.1. The van der Waals surface area contributed by atoms with Gasteiger partial charge in [0.05, 0.1) is 0 Å². The Morgan fingerprint density at radius 3 is 0.794 bits per heavy atom. The molecule has 8 heteroatoms. The molecule has 22 aromatic carbocycles. The van der Waals surface area contributed by atoms with E-state index in [1.54, 1.807) is 0 Å². The van der Waals surface area contributed by atoms with Gasteiger partial charge < -0.3 is 35.3 Å². The van der Waals surface area contributed by atoms with Crippen molar-refractivity contribution < 1.29 is 35.3 Å². The molecule has 8 heterocycles. The molecule has 0 aliphatic rings. The Kier molecular flexibility index (Phi) is 21.3. The van der Waals surface area contributed by atoms with Crippen LogP contribution in [0.3, 0.4) is 0 Å². The number of hydrogen-bond acceptors (Lipinski definition) is 8. The molecule has 0 amide bonds. The molecule has 0 radical (unpaired) electrons. The normalized spacial score (nSPS) is 11.5. The van der Waals surface area contributed by atoms with Crippen LogP contribution in [0.15, 0.2) is 448 Å². The standard InChI is InChI=1S/6C17H12O.2C13H10O/c1-11-6-9-16-15(10-11)14-8-7-12-4-2-3-5-13(12)17(14)18-16;1-11-6-8-15-14(10-11)17-13-5-3-2-4-12(13)7-9-16(17)18-15;1-11-6-8-14-16(10-11)18-15-9-7-12-4-2-3-5-13(12)17(14)15;1-11-6-8-14-15-9-7-12-4-2-3-5-13(12)17(15)18-16(14)10-11;1-11-6-7-16-14(8-11)15-9-12-4-2-3-5-13(12)10-17(15)18-16;1-11-6-7-14-15-9-12-4-2-3-5-13(12)10-17(15)18-16(14)8-11;1-9-6-7-13-11(8-9)10-4-2-3-5-12(10)14-13;1-9-6-7-11-10-4-2-3-5-12(10)14-13(11)8-9/h6*2-10H,1H3;2*2-8H,1H3. The molecule has 652 valence electrons. The molecule has 0 spiro atoms. The van der Waals surface area contributed by atoms with E-state index in [0.29, 0.717) is 0 Å². The number of furan rings is 8. The van der Waals surface area contributed by atoms with Gasteiger partial charge in [0.15, 0.2) is 0 Å². The van der Waals surface area contributed by atoms with Gasteiger partial charge in [0.2, 0.25) is 0 Å². The fraction of sp³-hybridized carbons (Fsp3) is 0.0625. The van der Waals surface area contributed by atoms with Crippen molar-refractivity contribution >= 4 is 240 Å². The highest BCUT2D eigenvalue weighted by Gasteiger charge is 2.18. The lowest BCUT2D eigenvalue weighted by atomic mass is 10.0. The minimum absolute atomic E-state index is 0.964. The maximum absolute atomic E-state index is 6.05. The van der Waals surface area contributed by atoms with Crippen LogP contribution in [-0.2, 0) is 0 Å². The summed E-state index contributed by atoms with van der Waals surface area (Å²) in [5.74, 6) is 0. The summed E-state index contributed by atoms with van der Waals surface area (Å²) < 4.78 is 47.2. The molecule has 0 bridgehead atoms. The van der Waals surface area contributed by atoms with Crippen molar-refractivity contribution in [3.05, 3.63) is 457 Å². The first-order chi connectivity index (χ1) is 66.6. The van der Waals surface area contributed by atoms with E-state index in [1.807, 2.05) is 42.5 Å². The Labute approximate surface area is 782 Å². The molecule has 0 saturated heterocycles. The molecule has 0 aliphatic carbocycles. The van der Waals surface area contributed by atoms with E-state index < -0.39 is 0 Å². The van der Waals surface area contributed by atoms with Crippen LogP contribution in [0, 0.1) is 55.4 Å². The maximum Gasteiger partial charge on any atom is 0.143 e. The first-order valence-corrected chi connectivity index (χ1v) is 46.2. The topological polar surface area (TPSA) is 105 Å². The molecular weight excluding hydrogens is 1670 g/mol. The van der Waals surface area contributed by atoms with E-state index in [-0.39, 0.29) is 0 Å². The van der Waals surface area contributed by atoms with Crippen LogP contribution in [0.25, 0.3) is 240 Å².